The molecule has 0 bridgehead atoms. The van der Waals surface area contributed by atoms with Crippen LogP contribution in [0.15, 0.2) is 165 Å². The normalized spacial score (nSPS) is 16.4. The quantitative estimate of drug-likeness (QED) is 0.195. The smallest absolute Gasteiger partial charge is 0.143 e. The van der Waals surface area contributed by atoms with Gasteiger partial charge in [0.25, 0.3) is 0 Å². The zero-order chi connectivity index (χ0) is 33.5. The van der Waals surface area contributed by atoms with Crippen LogP contribution in [0.2, 0.25) is 0 Å². The molecule has 3 aromatic heterocycles. The average molecular weight is 676 g/mol. The van der Waals surface area contributed by atoms with Gasteiger partial charge in [-0.3, -0.25) is 5.32 Å². The molecule has 1 aliphatic rings. The zero-order valence-electron chi connectivity index (χ0n) is 27.3. The summed E-state index contributed by atoms with van der Waals surface area (Å²) in [6, 6.07) is 53.0. The summed E-state index contributed by atoms with van der Waals surface area (Å²) >= 11 is 1.83. The van der Waals surface area contributed by atoms with E-state index < -0.39 is 0 Å². The Balaban J connectivity index is 1.05. The van der Waals surface area contributed by atoms with Gasteiger partial charge in [-0.15, -0.1) is 11.3 Å². The van der Waals surface area contributed by atoms with E-state index in [0.717, 1.165) is 72.0 Å². The van der Waals surface area contributed by atoms with Crippen LogP contribution in [-0.2, 0) is 0 Å². The van der Waals surface area contributed by atoms with E-state index in [9.17, 15) is 0 Å². The molecule has 10 aromatic rings. The van der Waals surface area contributed by atoms with Crippen molar-refractivity contribution in [3.63, 3.8) is 0 Å². The third-order valence-electron chi connectivity index (χ3n) is 10.2. The maximum Gasteiger partial charge on any atom is 0.143 e. The van der Waals surface area contributed by atoms with Crippen molar-refractivity contribution in [3.8, 4) is 11.1 Å². The number of amidine groups is 1. The molecule has 0 amide bonds. The summed E-state index contributed by atoms with van der Waals surface area (Å²) in [6.07, 6.45) is -0.486. The number of rotatable bonds is 4. The molecule has 2 N–H and O–H groups in total. The van der Waals surface area contributed by atoms with Gasteiger partial charge in [-0.1, -0.05) is 127 Å². The number of furan rings is 2. The molecular weight excluding hydrogens is 647 g/mol. The molecule has 6 heteroatoms. The van der Waals surface area contributed by atoms with Crippen molar-refractivity contribution >= 4 is 81.2 Å². The molecule has 0 radical (unpaired) electrons. The van der Waals surface area contributed by atoms with Crippen molar-refractivity contribution in [2.75, 3.05) is 0 Å². The molecule has 0 spiro atoms. The summed E-state index contributed by atoms with van der Waals surface area (Å²) in [4.78, 5) is 5.25. The van der Waals surface area contributed by atoms with E-state index in [-0.39, 0.29) is 12.3 Å². The van der Waals surface area contributed by atoms with Crippen molar-refractivity contribution < 1.29 is 8.83 Å². The fraction of sp³-hybridized carbons (Fsp3) is 0.0444. The molecule has 0 fully saturated rings. The van der Waals surface area contributed by atoms with E-state index in [4.69, 9.17) is 13.8 Å². The molecule has 4 heterocycles. The molecule has 0 aliphatic carbocycles. The molecule has 0 saturated carbocycles. The van der Waals surface area contributed by atoms with Crippen LogP contribution in [0, 0.1) is 0 Å². The number of para-hydroxylation sites is 3. The first-order chi connectivity index (χ1) is 25.3. The van der Waals surface area contributed by atoms with Gasteiger partial charge in [-0.2, -0.15) is 0 Å². The molecule has 2 atom stereocenters. The first-order valence-corrected chi connectivity index (χ1v) is 18.0. The van der Waals surface area contributed by atoms with Gasteiger partial charge in [-0.25, -0.2) is 4.99 Å². The highest BCUT2D eigenvalue weighted by atomic mass is 32.1. The molecule has 1 aliphatic heterocycles. The van der Waals surface area contributed by atoms with Crippen LogP contribution in [0.25, 0.3) is 75.2 Å². The summed E-state index contributed by atoms with van der Waals surface area (Å²) < 4.78 is 15.8. The van der Waals surface area contributed by atoms with Crippen molar-refractivity contribution in [2.45, 2.75) is 12.3 Å². The van der Waals surface area contributed by atoms with Crippen LogP contribution >= 0.6 is 11.3 Å². The fourth-order valence-electron chi connectivity index (χ4n) is 7.83. The van der Waals surface area contributed by atoms with Gasteiger partial charge < -0.3 is 14.2 Å². The first kappa shape index (κ1) is 28.6. The lowest BCUT2D eigenvalue weighted by Gasteiger charge is -2.32. The lowest BCUT2D eigenvalue weighted by Crippen LogP contribution is -2.45. The summed E-state index contributed by atoms with van der Waals surface area (Å²) in [5.41, 5.74) is 8.73. The maximum absolute atomic E-state index is 6.78. The van der Waals surface area contributed by atoms with Crippen LogP contribution < -0.4 is 10.6 Å². The molecule has 5 nitrogen and oxygen atoms in total. The summed E-state index contributed by atoms with van der Waals surface area (Å²) in [5.74, 6) is 0.854. The van der Waals surface area contributed by atoms with Crippen LogP contribution in [-0.4, -0.2) is 5.84 Å². The average Bonchev–Trinajstić information content (AvgIpc) is 3.89. The van der Waals surface area contributed by atoms with E-state index in [0.29, 0.717) is 0 Å². The van der Waals surface area contributed by atoms with E-state index in [1.54, 1.807) is 0 Å². The third-order valence-corrected chi connectivity index (χ3v) is 11.3. The highest BCUT2D eigenvalue weighted by Gasteiger charge is 2.28. The number of nitrogens with zero attached hydrogens (tertiary/aromatic N) is 1. The molecule has 242 valence electrons. The predicted molar refractivity (Wildman–Crippen MR) is 210 cm³/mol. The molecule has 0 saturated heterocycles. The van der Waals surface area contributed by atoms with Gasteiger partial charge in [0, 0.05) is 58.4 Å². The number of fused-ring (bicyclic) bond motifs is 9. The Bertz CT molecular complexity index is 3010. The number of hydrogen-bond donors (Lipinski definition) is 2. The van der Waals surface area contributed by atoms with Gasteiger partial charge in [0.15, 0.2) is 0 Å². The largest absolute Gasteiger partial charge is 0.455 e. The topological polar surface area (TPSA) is 62.7 Å². The Labute approximate surface area is 296 Å². The number of nitrogens with one attached hydrogen (secondary N) is 2. The van der Waals surface area contributed by atoms with Crippen molar-refractivity contribution in [1.29, 1.82) is 0 Å². The Morgan fingerprint density at radius 3 is 2.00 bits per heavy atom. The fourth-order valence-corrected chi connectivity index (χ4v) is 8.97. The van der Waals surface area contributed by atoms with E-state index in [1.807, 2.05) is 29.5 Å². The highest BCUT2D eigenvalue weighted by Crippen LogP contribution is 2.42. The minimum atomic E-state index is -0.312. The summed E-state index contributed by atoms with van der Waals surface area (Å²) in [7, 11) is 0. The monoisotopic (exact) mass is 675 g/mol. The Kier molecular flexibility index (Phi) is 6.26. The van der Waals surface area contributed by atoms with Gasteiger partial charge in [-0.05, 0) is 35.4 Å². The van der Waals surface area contributed by atoms with Gasteiger partial charge in [0.05, 0.1) is 0 Å². The van der Waals surface area contributed by atoms with Crippen molar-refractivity contribution in [1.82, 2.24) is 10.6 Å². The van der Waals surface area contributed by atoms with E-state index in [2.05, 4.69) is 144 Å². The van der Waals surface area contributed by atoms with Crippen LogP contribution in [0.4, 0.5) is 0 Å². The number of hydrogen-bond acceptors (Lipinski definition) is 6. The minimum Gasteiger partial charge on any atom is -0.455 e. The lowest BCUT2D eigenvalue weighted by atomic mass is 9.99. The molecular formula is C45H29N3O2S. The summed E-state index contributed by atoms with van der Waals surface area (Å²) in [6.45, 7) is 0. The van der Waals surface area contributed by atoms with Crippen molar-refractivity contribution in [3.05, 3.63) is 168 Å². The first-order valence-electron chi connectivity index (χ1n) is 17.2. The van der Waals surface area contributed by atoms with Crippen LogP contribution in [0.5, 0.6) is 0 Å². The molecule has 11 rings (SSSR count). The Morgan fingerprint density at radius 1 is 0.529 bits per heavy atom. The second-order valence-electron chi connectivity index (χ2n) is 13.1. The van der Waals surface area contributed by atoms with Gasteiger partial charge in [0.2, 0.25) is 0 Å². The highest BCUT2D eigenvalue weighted by molar-refractivity contribution is 7.25. The number of thiophene rings is 1. The van der Waals surface area contributed by atoms with Gasteiger partial charge >= 0.3 is 0 Å². The van der Waals surface area contributed by atoms with Crippen molar-refractivity contribution in [2.24, 2.45) is 4.99 Å². The Hall–Kier alpha value is -6.21. The number of aliphatic imine (C=N–C) groups is 1. The standard InChI is InChI=1S/C45H29N3O2S/c1-2-11-26(12-3-1)43-46-44(48-45(47-43)35-19-10-22-39-40(35)34-14-5-7-21-38(34)51-39)27-23-24-29-31-16-9-18-33(42(31)50-37(29)25-27)32-17-8-15-30-28-13-4-6-20-36(28)49-41(30)32/h1-25,44-45,48H,(H,46,47). The molecule has 2 unspecified atom stereocenters. The van der Waals surface area contributed by atoms with E-state index >= 15 is 0 Å². The lowest BCUT2D eigenvalue weighted by molar-refractivity contribution is 0.411. The van der Waals surface area contributed by atoms with Gasteiger partial charge in [0.1, 0.15) is 40.5 Å². The minimum absolute atomic E-state index is 0.174. The van der Waals surface area contributed by atoms with E-state index in [1.165, 1.54) is 25.7 Å². The predicted octanol–water partition coefficient (Wildman–Crippen LogP) is 11.9. The SMILES string of the molecule is c1ccc(C2=NC(c3ccc4c(c3)oc3c(-c5cccc6c5oc5ccccc56)cccc34)NC(c3cccc4sc5ccccc5c34)N2)cc1. The second kappa shape index (κ2) is 11.2. The maximum atomic E-state index is 6.78. The Morgan fingerprint density at radius 2 is 1.18 bits per heavy atom. The zero-order valence-corrected chi connectivity index (χ0v) is 28.1. The van der Waals surface area contributed by atoms with Crippen LogP contribution in [0.1, 0.15) is 29.0 Å². The third kappa shape index (κ3) is 4.47. The van der Waals surface area contributed by atoms with Crippen LogP contribution in [0.3, 0.4) is 0 Å². The second-order valence-corrected chi connectivity index (χ2v) is 14.2. The molecule has 51 heavy (non-hydrogen) atoms. The summed E-state index contributed by atoms with van der Waals surface area (Å²) in [5, 5.41) is 14.5. The number of benzene rings is 7. The molecule has 7 aromatic carbocycles.